The Morgan fingerprint density at radius 2 is 1.94 bits per heavy atom. The molecule has 4 rings (SSSR count). The fourth-order valence-corrected chi connectivity index (χ4v) is 4.25. The third-order valence-electron chi connectivity index (χ3n) is 6.02. The van der Waals surface area contributed by atoms with Crippen molar-refractivity contribution in [3.8, 4) is 23.0 Å². The Morgan fingerprint density at radius 1 is 1.14 bits per heavy atom. The molecule has 190 valence electrons. The minimum atomic E-state index is -1.10. The fraction of sp³-hybridized carbons (Fsp3) is 0.346. The van der Waals surface area contributed by atoms with Crippen LogP contribution in [0.25, 0.3) is 17.0 Å². The number of aromatic hydroxyl groups is 1. The van der Waals surface area contributed by atoms with Gasteiger partial charge < -0.3 is 34.6 Å². The van der Waals surface area contributed by atoms with Crippen molar-refractivity contribution < 1.29 is 29.2 Å². The number of nitrogens with zero attached hydrogens (tertiary/aromatic N) is 3. The molecule has 0 spiro atoms. The van der Waals surface area contributed by atoms with E-state index in [9.17, 15) is 9.90 Å². The second kappa shape index (κ2) is 11.6. The van der Waals surface area contributed by atoms with Gasteiger partial charge in [0.15, 0.2) is 23.0 Å². The zero-order valence-electron chi connectivity index (χ0n) is 20.4. The molecule has 3 N–H and O–H groups in total. The summed E-state index contributed by atoms with van der Waals surface area (Å²) in [5.74, 6) is 0.514. The first-order valence-electron chi connectivity index (χ1n) is 11.8. The smallest absolute Gasteiger partial charge is 0.328 e. The highest BCUT2D eigenvalue weighted by Crippen LogP contribution is 2.41. The largest absolute Gasteiger partial charge is 0.504 e. The van der Waals surface area contributed by atoms with Gasteiger partial charge in [-0.05, 0) is 56.6 Å². The molecule has 0 saturated carbocycles. The van der Waals surface area contributed by atoms with Crippen LogP contribution in [0.4, 0.5) is 11.5 Å². The molecule has 0 atom stereocenters. The molecule has 0 radical (unpaired) electrons. The van der Waals surface area contributed by atoms with Crippen LogP contribution in [0.1, 0.15) is 24.8 Å². The lowest BCUT2D eigenvalue weighted by Gasteiger charge is -2.17. The average Bonchev–Trinajstić information content (AvgIpc) is 3.39. The summed E-state index contributed by atoms with van der Waals surface area (Å²) in [6.07, 6.45) is 7.24. The van der Waals surface area contributed by atoms with E-state index in [0.717, 1.165) is 32.1 Å². The molecular formula is C26H30N4O6. The number of carboxylic acids is 1. The number of likely N-dealkylation sites (tertiary alicyclic amines) is 1. The van der Waals surface area contributed by atoms with Gasteiger partial charge in [-0.3, -0.25) is 0 Å². The summed E-state index contributed by atoms with van der Waals surface area (Å²) in [6.45, 7) is 3.83. The van der Waals surface area contributed by atoms with E-state index in [1.807, 2.05) is 6.07 Å². The number of aromatic nitrogens is 2. The quantitative estimate of drug-likeness (QED) is 0.265. The highest BCUT2D eigenvalue weighted by atomic mass is 16.5. The summed E-state index contributed by atoms with van der Waals surface area (Å²) in [4.78, 5) is 22.3. The number of methoxy groups -OCH3 is 2. The van der Waals surface area contributed by atoms with Crippen molar-refractivity contribution in [1.29, 1.82) is 0 Å². The number of fused-ring (bicyclic) bond motifs is 1. The maximum atomic E-state index is 11.1. The summed E-state index contributed by atoms with van der Waals surface area (Å²) in [5.41, 5.74) is 1.47. The minimum Gasteiger partial charge on any atom is -0.504 e. The van der Waals surface area contributed by atoms with Crippen LogP contribution in [0, 0.1) is 0 Å². The van der Waals surface area contributed by atoms with Gasteiger partial charge in [-0.2, -0.15) is 0 Å². The number of phenolic OH excluding ortho intramolecular Hbond substituents is 1. The first-order chi connectivity index (χ1) is 17.5. The number of hydrogen-bond acceptors (Lipinski definition) is 9. The number of carboxylic acid groups (broad SMARTS) is 1. The number of carbonyl (C=O) groups is 1. The second-order valence-electron chi connectivity index (χ2n) is 8.37. The van der Waals surface area contributed by atoms with Crippen molar-refractivity contribution >= 4 is 34.5 Å². The van der Waals surface area contributed by atoms with Crippen molar-refractivity contribution in [2.75, 3.05) is 45.8 Å². The molecule has 10 nitrogen and oxygen atoms in total. The Kier molecular flexibility index (Phi) is 8.06. The molecule has 1 aliphatic heterocycles. The van der Waals surface area contributed by atoms with E-state index in [1.54, 1.807) is 19.2 Å². The molecule has 36 heavy (non-hydrogen) atoms. The number of anilines is 2. The standard InChI is InChI=1S/C26H30N4O6/c1-34-21-15-19-18(14-22(21)36-13-5-12-30-10-3-4-11-30)26(28-16-27-19)29-24-17(7-9-23(32)33)6-8-20(31)25(24)35-2/h6-9,14-16,31H,3-5,10-13H2,1-2H3,(H,32,33)(H,27,28,29)/b9-7+. The zero-order valence-corrected chi connectivity index (χ0v) is 20.4. The van der Waals surface area contributed by atoms with E-state index in [0.29, 0.717) is 46.1 Å². The molecule has 0 amide bonds. The number of benzene rings is 2. The molecule has 1 fully saturated rings. The average molecular weight is 495 g/mol. The van der Waals surface area contributed by atoms with Crippen LogP contribution >= 0.6 is 0 Å². The molecule has 3 aromatic rings. The topological polar surface area (TPSA) is 126 Å². The van der Waals surface area contributed by atoms with E-state index < -0.39 is 5.97 Å². The monoisotopic (exact) mass is 494 g/mol. The Morgan fingerprint density at radius 3 is 2.67 bits per heavy atom. The maximum absolute atomic E-state index is 11.1. The Labute approximate surface area is 209 Å². The SMILES string of the molecule is COc1cc2ncnc(Nc3c(/C=C/C(=O)O)ccc(O)c3OC)c2cc1OCCCN1CCCC1. The third kappa shape index (κ3) is 5.77. The highest BCUT2D eigenvalue weighted by Gasteiger charge is 2.17. The Bertz CT molecular complexity index is 1260. The minimum absolute atomic E-state index is 0.102. The van der Waals surface area contributed by atoms with E-state index >= 15 is 0 Å². The van der Waals surface area contributed by atoms with Crippen LogP contribution in [-0.2, 0) is 4.79 Å². The van der Waals surface area contributed by atoms with Crippen molar-refractivity contribution in [3.63, 3.8) is 0 Å². The van der Waals surface area contributed by atoms with Gasteiger partial charge in [0, 0.05) is 29.6 Å². The van der Waals surface area contributed by atoms with E-state index in [2.05, 4.69) is 20.2 Å². The van der Waals surface area contributed by atoms with Crippen LogP contribution in [0.15, 0.2) is 36.7 Å². The Hall–Kier alpha value is -4.05. The number of ether oxygens (including phenoxy) is 3. The van der Waals surface area contributed by atoms with Gasteiger partial charge in [0.1, 0.15) is 12.1 Å². The lowest BCUT2D eigenvalue weighted by Crippen LogP contribution is -2.21. The summed E-state index contributed by atoms with van der Waals surface area (Å²) in [7, 11) is 3.00. The predicted molar refractivity (Wildman–Crippen MR) is 136 cm³/mol. The summed E-state index contributed by atoms with van der Waals surface area (Å²) in [5, 5.41) is 23.2. The highest BCUT2D eigenvalue weighted by molar-refractivity contribution is 5.95. The molecule has 2 aromatic carbocycles. The third-order valence-corrected chi connectivity index (χ3v) is 6.02. The molecule has 1 aliphatic rings. The van der Waals surface area contributed by atoms with Gasteiger partial charge in [0.25, 0.3) is 0 Å². The molecule has 0 unspecified atom stereocenters. The van der Waals surface area contributed by atoms with Crippen LogP contribution in [-0.4, -0.2) is 71.5 Å². The summed E-state index contributed by atoms with van der Waals surface area (Å²) < 4.78 is 17.0. The van der Waals surface area contributed by atoms with Crippen molar-refractivity contribution in [2.24, 2.45) is 0 Å². The van der Waals surface area contributed by atoms with Crippen LogP contribution in [0.5, 0.6) is 23.0 Å². The Balaban J connectivity index is 1.65. The van der Waals surface area contributed by atoms with E-state index in [-0.39, 0.29) is 11.5 Å². The van der Waals surface area contributed by atoms with Crippen LogP contribution < -0.4 is 19.5 Å². The maximum Gasteiger partial charge on any atom is 0.328 e. The first-order valence-corrected chi connectivity index (χ1v) is 11.8. The molecule has 0 bridgehead atoms. The van der Waals surface area contributed by atoms with Crippen LogP contribution in [0.3, 0.4) is 0 Å². The summed E-state index contributed by atoms with van der Waals surface area (Å²) >= 11 is 0. The second-order valence-corrected chi connectivity index (χ2v) is 8.37. The number of phenols is 1. The number of aliphatic carboxylic acids is 1. The lowest BCUT2D eigenvalue weighted by atomic mass is 10.1. The van der Waals surface area contributed by atoms with Gasteiger partial charge in [0.05, 0.1) is 32.0 Å². The van der Waals surface area contributed by atoms with Gasteiger partial charge >= 0.3 is 5.97 Å². The first kappa shape index (κ1) is 25.1. The van der Waals surface area contributed by atoms with Crippen LogP contribution in [0.2, 0.25) is 0 Å². The number of rotatable bonds is 11. The number of hydrogen-bond donors (Lipinski definition) is 3. The van der Waals surface area contributed by atoms with Gasteiger partial charge in [-0.1, -0.05) is 0 Å². The van der Waals surface area contributed by atoms with Crippen molar-refractivity contribution in [3.05, 3.63) is 42.2 Å². The van der Waals surface area contributed by atoms with Crippen molar-refractivity contribution in [2.45, 2.75) is 19.3 Å². The molecule has 10 heteroatoms. The van der Waals surface area contributed by atoms with E-state index in [4.69, 9.17) is 19.3 Å². The van der Waals surface area contributed by atoms with Gasteiger partial charge in [0.2, 0.25) is 0 Å². The van der Waals surface area contributed by atoms with Crippen molar-refractivity contribution in [1.82, 2.24) is 14.9 Å². The zero-order chi connectivity index (χ0) is 25.5. The molecule has 1 aromatic heterocycles. The van der Waals surface area contributed by atoms with E-state index in [1.165, 1.54) is 38.4 Å². The molecule has 2 heterocycles. The predicted octanol–water partition coefficient (Wildman–Crippen LogP) is 4.06. The fourth-order valence-electron chi connectivity index (χ4n) is 4.25. The van der Waals surface area contributed by atoms with Gasteiger partial charge in [-0.15, -0.1) is 0 Å². The normalized spacial score (nSPS) is 13.8. The summed E-state index contributed by atoms with van der Waals surface area (Å²) in [6, 6.07) is 6.61. The molecule has 1 saturated heterocycles. The number of nitrogens with one attached hydrogen (secondary N) is 1. The van der Waals surface area contributed by atoms with Gasteiger partial charge in [-0.25, -0.2) is 14.8 Å². The lowest BCUT2D eigenvalue weighted by molar-refractivity contribution is -0.131. The molecule has 0 aliphatic carbocycles. The molecular weight excluding hydrogens is 464 g/mol.